The molecule has 6 unspecified atom stereocenters. The number of fused-ring (bicyclic) bond motifs is 5. The molecule has 0 N–H and O–H groups in total. The minimum atomic E-state index is -0.213. The summed E-state index contributed by atoms with van der Waals surface area (Å²) in [6.45, 7) is 16.2. The maximum absolute atomic E-state index is 6.43. The Hall–Kier alpha value is -0.0800. The van der Waals surface area contributed by atoms with Gasteiger partial charge in [0, 0.05) is 11.8 Å². The molecule has 1 spiro atoms. The highest BCUT2D eigenvalue weighted by molar-refractivity contribution is 5.13. The molecule has 4 fully saturated rings. The normalized spacial score (nSPS) is 45.7. The van der Waals surface area contributed by atoms with Gasteiger partial charge in [-0.15, -0.1) is 0 Å². The molecule has 2 heteroatoms. The van der Waals surface area contributed by atoms with E-state index < -0.39 is 0 Å². The number of rotatable bonds is 0. The molecular weight excluding hydrogens is 284 g/mol. The Morgan fingerprint density at radius 3 is 1.39 bits per heavy atom. The van der Waals surface area contributed by atoms with Gasteiger partial charge in [-0.05, 0) is 60.2 Å². The van der Waals surface area contributed by atoms with Gasteiger partial charge in [0.25, 0.3) is 0 Å². The molecule has 23 heavy (non-hydrogen) atoms. The molecule has 1 aliphatic heterocycles. The maximum Gasteiger partial charge on any atom is 0.174 e. The third-order valence-corrected chi connectivity index (χ3v) is 8.00. The van der Waals surface area contributed by atoms with E-state index in [-0.39, 0.29) is 5.79 Å². The molecule has 0 aromatic heterocycles. The van der Waals surface area contributed by atoms with E-state index in [4.69, 9.17) is 9.47 Å². The fourth-order valence-electron chi connectivity index (χ4n) is 6.57. The average molecular weight is 321 g/mol. The number of hydrogen-bond donors (Lipinski definition) is 0. The predicted molar refractivity (Wildman–Crippen MR) is 93.0 cm³/mol. The standard InChI is InChI=1S/C21H36O2/c1-19(2,3)13-9-15-16-10-14(20(4,5)6)12-18(16)21(17(15)11-13)22-7-8-23-21/h13-18H,7-12H2,1-6H3. The Kier molecular flexibility index (Phi) is 3.54. The Labute approximate surface area is 142 Å². The molecule has 1 saturated heterocycles. The summed E-state index contributed by atoms with van der Waals surface area (Å²) < 4.78 is 12.9. The van der Waals surface area contributed by atoms with Crippen molar-refractivity contribution >= 4 is 0 Å². The average Bonchev–Trinajstić information content (AvgIpc) is 3.16. The monoisotopic (exact) mass is 320 g/mol. The highest BCUT2D eigenvalue weighted by atomic mass is 16.7. The van der Waals surface area contributed by atoms with Crippen LogP contribution in [0, 0.1) is 46.3 Å². The first-order valence-corrected chi connectivity index (χ1v) is 9.91. The quantitative estimate of drug-likeness (QED) is 0.617. The molecule has 2 nitrogen and oxygen atoms in total. The third kappa shape index (κ3) is 2.34. The van der Waals surface area contributed by atoms with E-state index in [0.717, 1.165) is 36.9 Å². The SMILES string of the molecule is CC(C)(C)C1CC2C3CC(C(C)(C)C)CC3C3(OCCO3)C2C1. The molecule has 0 radical (unpaired) electrons. The minimum Gasteiger partial charge on any atom is -0.347 e. The lowest BCUT2D eigenvalue weighted by molar-refractivity contribution is -0.215. The summed E-state index contributed by atoms with van der Waals surface area (Å²) in [5.74, 6) is 4.45. The van der Waals surface area contributed by atoms with Crippen LogP contribution in [0.1, 0.15) is 67.2 Å². The van der Waals surface area contributed by atoms with Gasteiger partial charge < -0.3 is 9.47 Å². The van der Waals surface area contributed by atoms with E-state index in [1.54, 1.807) is 0 Å². The molecular formula is C21H36O2. The highest BCUT2D eigenvalue weighted by Gasteiger charge is 2.68. The van der Waals surface area contributed by atoms with Crippen molar-refractivity contribution in [1.82, 2.24) is 0 Å². The highest BCUT2D eigenvalue weighted by Crippen LogP contribution is 2.68. The zero-order chi connectivity index (χ0) is 16.6. The molecule has 3 saturated carbocycles. The molecule has 0 aromatic rings. The van der Waals surface area contributed by atoms with Crippen LogP contribution < -0.4 is 0 Å². The fraction of sp³-hybridized carbons (Fsp3) is 1.00. The van der Waals surface area contributed by atoms with Crippen LogP contribution in [-0.2, 0) is 9.47 Å². The van der Waals surface area contributed by atoms with E-state index in [1.165, 1.54) is 25.7 Å². The van der Waals surface area contributed by atoms with E-state index in [2.05, 4.69) is 41.5 Å². The lowest BCUT2D eigenvalue weighted by atomic mass is 9.76. The van der Waals surface area contributed by atoms with E-state index in [1.807, 2.05) is 0 Å². The Bertz CT molecular complexity index is 425. The van der Waals surface area contributed by atoms with Crippen molar-refractivity contribution in [2.75, 3.05) is 13.2 Å². The predicted octanol–water partition coefficient (Wildman–Crippen LogP) is 5.12. The van der Waals surface area contributed by atoms with E-state index in [9.17, 15) is 0 Å². The molecule has 6 atom stereocenters. The van der Waals surface area contributed by atoms with Crippen LogP contribution in [0.4, 0.5) is 0 Å². The summed E-state index contributed by atoms with van der Waals surface area (Å²) in [6, 6.07) is 0. The van der Waals surface area contributed by atoms with Crippen molar-refractivity contribution < 1.29 is 9.47 Å². The van der Waals surface area contributed by atoms with Gasteiger partial charge >= 0.3 is 0 Å². The van der Waals surface area contributed by atoms with Crippen molar-refractivity contribution in [2.24, 2.45) is 46.3 Å². The van der Waals surface area contributed by atoms with Crippen LogP contribution in [0.5, 0.6) is 0 Å². The summed E-state index contributed by atoms with van der Waals surface area (Å²) in [7, 11) is 0. The van der Waals surface area contributed by atoms with Gasteiger partial charge in [-0.25, -0.2) is 0 Å². The summed E-state index contributed by atoms with van der Waals surface area (Å²) in [6.07, 6.45) is 5.45. The lowest BCUT2D eigenvalue weighted by Crippen LogP contribution is -2.42. The first-order chi connectivity index (χ1) is 10.6. The smallest absolute Gasteiger partial charge is 0.174 e. The van der Waals surface area contributed by atoms with Crippen molar-refractivity contribution in [3.63, 3.8) is 0 Å². The topological polar surface area (TPSA) is 18.5 Å². The molecule has 3 aliphatic carbocycles. The summed E-state index contributed by atoms with van der Waals surface area (Å²) in [4.78, 5) is 0. The molecule has 0 amide bonds. The van der Waals surface area contributed by atoms with Gasteiger partial charge in [-0.1, -0.05) is 41.5 Å². The van der Waals surface area contributed by atoms with Crippen LogP contribution in [0.15, 0.2) is 0 Å². The third-order valence-electron chi connectivity index (χ3n) is 8.00. The largest absolute Gasteiger partial charge is 0.347 e. The first-order valence-electron chi connectivity index (χ1n) is 9.91. The summed E-state index contributed by atoms with van der Waals surface area (Å²) in [5.41, 5.74) is 0.837. The zero-order valence-electron chi connectivity index (χ0n) is 16.0. The minimum absolute atomic E-state index is 0.213. The van der Waals surface area contributed by atoms with Gasteiger partial charge in [-0.3, -0.25) is 0 Å². The molecule has 0 aromatic carbocycles. The van der Waals surface area contributed by atoms with Gasteiger partial charge in [0.1, 0.15) is 0 Å². The second-order valence-corrected chi connectivity index (χ2v) is 11.0. The van der Waals surface area contributed by atoms with Crippen LogP contribution in [0.25, 0.3) is 0 Å². The van der Waals surface area contributed by atoms with Crippen LogP contribution in [0.2, 0.25) is 0 Å². The number of hydrogen-bond acceptors (Lipinski definition) is 2. The van der Waals surface area contributed by atoms with Gasteiger partial charge in [-0.2, -0.15) is 0 Å². The lowest BCUT2D eigenvalue weighted by Gasteiger charge is -2.37. The molecule has 4 rings (SSSR count). The van der Waals surface area contributed by atoms with Gasteiger partial charge in [0.2, 0.25) is 0 Å². The fourth-order valence-corrected chi connectivity index (χ4v) is 6.57. The van der Waals surface area contributed by atoms with Gasteiger partial charge in [0.15, 0.2) is 5.79 Å². The Morgan fingerprint density at radius 1 is 0.652 bits per heavy atom. The first kappa shape index (κ1) is 16.4. The second-order valence-electron chi connectivity index (χ2n) is 11.0. The number of ether oxygens (including phenoxy) is 2. The summed E-state index contributed by atoms with van der Waals surface area (Å²) in [5, 5.41) is 0. The molecule has 132 valence electrons. The Balaban J connectivity index is 1.64. The van der Waals surface area contributed by atoms with Crippen molar-refractivity contribution in [3.05, 3.63) is 0 Å². The van der Waals surface area contributed by atoms with Crippen LogP contribution in [-0.4, -0.2) is 19.0 Å². The van der Waals surface area contributed by atoms with Gasteiger partial charge in [0.05, 0.1) is 13.2 Å². The van der Waals surface area contributed by atoms with Crippen molar-refractivity contribution in [2.45, 2.75) is 73.0 Å². The van der Waals surface area contributed by atoms with E-state index in [0.29, 0.717) is 22.7 Å². The Morgan fingerprint density at radius 2 is 1.04 bits per heavy atom. The molecule has 1 heterocycles. The zero-order valence-corrected chi connectivity index (χ0v) is 16.0. The second kappa shape index (κ2) is 4.97. The van der Waals surface area contributed by atoms with Crippen molar-refractivity contribution in [3.8, 4) is 0 Å². The van der Waals surface area contributed by atoms with Crippen LogP contribution >= 0.6 is 0 Å². The molecule has 4 aliphatic rings. The molecule has 0 bridgehead atoms. The van der Waals surface area contributed by atoms with Crippen LogP contribution in [0.3, 0.4) is 0 Å². The van der Waals surface area contributed by atoms with E-state index >= 15 is 0 Å². The van der Waals surface area contributed by atoms with Crippen molar-refractivity contribution in [1.29, 1.82) is 0 Å². The maximum atomic E-state index is 6.43. The summed E-state index contributed by atoms with van der Waals surface area (Å²) >= 11 is 0.